The molecule has 0 aromatic heterocycles. The van der Waals surface area contributed by atoms with Crippen molar-refractivity contribution < 1.29 is 19.4 Å². The van der Waals surface area contributed by atoms with E-state index in [1.54, 1.807) is 0 Å². The van der Waals surface area contributed by atoms with Crippen molar-refractivity contribution in [1.29, 1.82) is 0 Å². The van der Waals surface area contributed by atoms with Crippen LogP contribution in [-0.4, -0.2) is 41.2 Å². The molecule has 200 valence electrons. The van der Waals surface area contributed by atoms with Crippen LogP contribution in [0.15, 0.2) is 91.0 Å². The summed E-state index contributed by atoms with van der Waals surface area (Å²) in [5, 5.41) is 12.7. The van der Waals surface area contributed by atoms with Crippen molar-refractivity contribution in [2.45, 2.75) is 76.7 Å². The van der Waals surface area contributed by atoms with Crippen LogP contribution in [0, 0.1) is 11.8 Å². The van der Waals surface area contributed by atoms with Crippen LogP contribution in [0.5, 0.6) is 0 Å². The van der Waals surface area contributed by atoms with Gasteiger partial charge in [0.15, 0.2) is 0 Å². The molecule has 38 heavy (non-hydrogen) atoms. The molecule has 1 aliphatic rings. The second-order valence-electron chi connectivity index (χ2n) is 9.69. The van der Waals surface area contributed by atoms with Gasteiger partial charge in [-0.05, 0) is 23.1 Å². The molecule has 1 N–H and O–H groups in total. The van der Waals surface area contributed by atoms with Gasteiger partial charge in [-0.2, -0.15) is 5.06 Å². The van der Waals surface area contributed by atoms with Crippen LogP contribution in [0.1, 0.15) is 49.3 Å². The summed E-state index contributed by atoms with van der Waals surface area (Å²) < 4.78 is 19.0. The highest BCUT2D eigenvalue weighted by molar-refractivity contribution is 5.19. The lowest BCUT2D eigenvalue weighted by Gasteiger charge is -2.25. The minimum absolute atomic E-state index is 0.296. The number of benzene rings is 3. The lowest BCUT2D eigenvalue weighted by atomic mass is 10.1. The number of hydroxylamine groups is 2. The first kappa shape index (κ1) is 28.0. The SMILES string of the molecule is CCCCCC#C[C@@H]1[C@@H](OCc2ccccc2)[C@H](OCc2ccccc2)[C@H](COCc2ccccc2)N1O. The molecular formula is C33H39NO4. The molecule has 5 heteroatoms. The molecular weight excluding hydrogens is 474 g/mol. The Bertz CT molecular complexity index is 1110. The van der Waals surface area contributed by atoms with Gasteiger partial charge in [0.25, 0.3) is 0 Å². The van der Waals surface area contributed by atoms with Crippen molar-refractivity contribution in [3.8, 4) is 11.8 Å². The van der Waals surface area contributed by atoms with Gasteiger partial charge in [-0.15, -0.1) is 5.92 Å². The molecule has 0 radical (unpaired) electrons. The van der Waals surface area contributed by atoms with Gasteiger partial charge in [0.1, 0.15) is 18.2 Å². The van der Waals surface area contributed by atoms with Gasteiger partial charge >= 0.3 is 0 Å². The Kier molecular flexibility index (Phi) is 11.4. The number of hydrogen-bond donors (Lipinski definition) is 1. The zero-order valence-electron chi connectivity index (χ0n) is 22.2. The van der Waals surface area contributed by atoms with Crippen LogP contribution in [0.4, 0.5) is 0 Å². The van der Waals surface area contributed by atoms with E-state index in [4.69, 9.17) is 14.2 Å². The third kappa shape index (κ3) is 8.26. The fraction of sp³-hybridized carbons (Fsp3) is 0.394. The van der Waals surface area contributed by atoms with Crippen molar-refractivity contribution in [2.75, 3.05) is 6.61 Å². The van der Waals surface area contributed by atoms with Crippen LogP contribution in [0.25, 0.3) is 0 Å². The number of nitrogens with zero attached hydrogens (tertiary/aromatic N) is 1. The number of unbranched alkanes of at least 4 members (excludes halogenated alkanes) is 3. The lowest BCUT2D eigenvalue weighted by molar-refractivity contribution is -0.155. The molecule has 1 heterocycles. The first-order valence-electron chi connectivity index (χ1n) is 13.6. The fourth-order valence-corrected chi connectivity index (χ4v) is 4.66. The van der Waals surface area contributed by atoms with Crippen molar-refractivity contribution >= 4 is 0 Å². The van der Waals surface area contributed by atoms with Crippen molar-refractivity contribution in [1.82, 2.24) is 5.06 Å². The van der Waals surface area contributed by atoms with E-state index in [1.807, 2.05) is 91.0 Å². The number of ether oxygens (including phenoxy) is 3. The van der Waals surface area contributed by atoms with Crippen molar-refractivity contribution in [2.24, 2.45) is 0 Å². The van der Waals surface area contributed by atoms with E-state index in [-0.39, 0.29) is 0 Å². The summed E-state index contributed by atoms with van der Waals surface area (Å²) in [6, 6.07) is 29.3. The van der Waals surface area contributed by atoms with Crippen LogP contribution >= 0.6 is 0 Å². The average molecular weight is 514 g/mol. The zero-order chi connectivity index (χ0) is 26.4. The summed E-state index contributed by atoms with van der Waals surface area (Å²) in [6.07, 6.45) is 3.29. The van der Waals surface area contributed by atoms with E-state index in [9.17, 15) is 5.21 Å². The molecule has 3 aromatic carbocycles. The van der Waals surface area contributed by atoms with Crippen LogP contribution in [0.2, 0.25) is 0 Å². The highest BCUT2D eigenvalue weighted by Gasteiger charge is 2.50. The highest BCUT2D eigenvalue weighted by atomic mass is 16.6. The van der Waals surface area contributed by atoms with E-state index in [0.717, 1.165) is 42.4 Å². The van der Waals surface area contributed by atoms with Crippen LogP contribution < -0.4 is 0 Å². The summed E-state index contributed by atoms with van der Waals surface area (Å²) in [4.78, 5) is 0. The predicted molar refractivity (Wildman–Crippen MR) is 149 cm³/mol. The zero-order valence-corrected chi connectivity index (χ0v) is 22.2. The Labute approximate surface area is 227 Å². The molecule has 1 fully saturated rings. The molecule has 1 aliphatic heterocycles. The Hall–Kier alpha value is -2.98. The third-order valence-electron chi connectivity index (χ3n) is 6.77. The Morgan fingerprint density at radius 1 is 0.711 bits per heavy atom. The molecule has 4 rings (SSSR count). The van der Waals surface area contributed by atoms with E-state index in [0.29, 0.717) is 26.4 Å². The van der Waals surface area contributed by atoms with E-state index in [1.165, 1.54) is 5.06 Å². The summed E-state index contributed by atoms with van der Waals surface area (Å²) in [7, 11) is 0. The molecule has 5 nitrogen and oxygen atoms in total. The fourth-order valence-electron chi connectivity index (χ4n) is 4.66. The summed E-state index contributed by atoms with van der Waals surface area (Å²) >= 11 is 0. The number of rotatable bonds is 13. The first-order valence-corrected chi connectivity index (χ1v) is 13.6. The van der Waals surface area contributed by atoms with E-state index in [2.05, 4.69) is 18.8 Å². The summed E-state index contributed by atoms with van der Waals surface area (Å²) in [5.41, 5.74) is 3.22. The smallest absolute Gasteiger partial charge is 0.125 e. The molecule has 0 saturated carbocycles. The molecule has 1 saturated heterocycles. The second-order valence-corrected chi connectivity index (χ2v) is 9.69. The van der Waals surface area contributed by atoms with Crippen molar-refractivity contribution in [3.05, 3.63) is 108 Å². The highest BCUT2D eigenvalue weighted by Crippen LogP contribution is 2.30. The maximum Gasteiger partial charge on any atom is 0.125 e. The minimum Gasteiger partial charge on any atom is -0.375 e. The number of hydrogen-bond acceptors (Lipinski definition) is 5. The molecule has 0 bridgehead atoms. The Balaban J connectivity index is 1.53. The largest absolute Gasteiger partial charge is 0.375 e. The minimum atomic E-state index is -0.508. The summed E-state index contributed by atoms with van der Waals surface area (Å²) in [6.45, 7) is 3.76. The Morgan fingerprint density at radius 2 is 1.24 bits per heavy atom. The molecule has 4 atom stereocenters. The van der Waals surface area contributed by atoms with Gasteiger partial charge in [0.2, 0.25) is 0 Å². The average Bonchev–Trinajstić information content (AvgIpc) is 3.21. The molecule has 0 unspecified atom stereocenters. The summed E-state index contributed by atoms with van der Waals surface area (Å²) in [5.74, 6) is 6.60. The van der Waals surface area contributed by atoms with Crippen molar-refractivity contribution in [3.63, 3.8) is 0 Å². The van der Waals surface area contributed by atoms with E-state index >= 15 is 0 Å². The van der Waals surface area contributed by atoms with Gasteiger partial charge in [-0.1, -0.05) is 117 Å². The monoisotopic (exact) mass is 513 g/mol. The van der Waals surface area contributed by atoms with Crippen LogP contribution in [-0.2, 0) is 34.0 Å². The van der Waals surface area contributed by atoms with Gasteiger partial charge in [-0.25, -0.2) is 0 Å². The maximum absolute atomic E-state index is 11.4. The first-order chi connectivity index (χ1) is 18.8. The lowest BCUT2D eigenvalue weighted by Crippen LogP contribution is -2.40. The molecule has 3 aromatic rings. The molecule has 0 amide bonds. The maximum atomic E-state index is 11.4. The van der Waals surface area contributed by atoms with Gasteiger partial charge in [0, 0.05) is 6.42 Å². The standard InChI is InChI=1S/C33H39NO4/c1-2-3-4-5-15-22-30-32(37-24-28-18-11-7-12-19-28)33(38-25-29-20-13-8-14-21-29)31(34(30)35)26-36-23-27-16-9-6-10-17-27/h6-14,16-21,30-33,35H,2-5,23-26H2,1H3/t30-,31+,32-,33-/m1/s1. The van der Waals surface area contributed by atoms with Crippen LogP contribution in [0.3, 0.4) is 0 Å². The molecule has 0 aliphatic carbocycles. The third-order valence-corrected chi connectivity index (χ3v) is 6.77. The quantitative estimate of drug-likeness (QED) is 0.212. The normalized spacial score (nSPS) is 21.2. The van der Waals surface area contributed by atoms with E-state index < -0.39 is 24.3 Å². The second kappa shape index (κ2) is 15.4. The topological polar surface area (TPSA) is 51.2 Å². The van der Waals surface area contributed by atoms with Gasteiger partial charge in [-0.3, -0.25) is 0 Å². The Morgan fingerprint density at radius 3 is 1.79 bits per heavy atom. The van der Waals surface area contributed by atoms with Gasteiger partial charge in [0.05, 0.1) is 32.5 Å². The van der Waals surface area contributed by atoms with Gasteiger partial charge < -0.3 is 19.4 Å². The predicted octanol–water partition coefficient (Wildman–Crippen LogP) is 6.40. The molecule has 0 spiro atoms.